The van der Waals surface area contributed by atoms with Gasteiger partial charge in [-0.15, -0.1) is 11.3 Å². The fourth-order valence-electron chi connectivity index (χ4n) is 2.06. The van der Waals surface area contributed by atoms with Gasteiger partial charge in [0.25, 0.3) is 5.56 Å². The van der Waals surface area contributed by atoms with Crippen LogP contribution in [-0.4, -0.2) is 22.4 Å². The number of ether oxygens (including phenoxy) is 1. The molecule has 112 valence electrons. The van der Waals surface area contributed by atoms with E-state index in [0.717, 1.165) is 0 Å². The van der Waals surface area contributed by atoms with Gasteiger partial charge in [-0.1, -0.05) is 12.1 Å². The molecule has 0 amide bonds. The highest BCUT2D eigenvalue weighted by molar-refractivity contribution is 7.15. The molecular weight excluding hydrogens is 302 g/mol. The summed E-state index contributed by atoms with van der Waals surface area (Å²) in [5.41, 5.74) is 1.38. The van der Waals surface area contributed by atoms with Crippen molar-refractivity contribution in [1.82, 2.24) is 9.38 Å². The Morgan fingerprint density at radius 3 is 3.05 bits per heavy atom. The summed E-state index contributed by atoms with van der Waals surface area (Å²) < 4.78 is 6.70. The highest BCUT2D eigenvalue weighted by Gasteiger charge is 2.12. The first-order chi connectivity index (χ1) is 10.7. The molecule has 2 aromatic heterocycles. The molecule has 1 N–H and O–H groups in total. The maximum atomic E-state index is 12.1. The minimum Gasteiger partial charge on any atom is -0.456 e. The molecule has 0 aliphatic carbocycles. The molecule has 0 atom stereocenters. The largest absolute Gasteiger partial charge is 0.456 e. The fourth-order valence-corrected chi connectivity index (χ4v) is 2.80. The smallest absolute Gasteiger partial charge is 0.340 e. The molecule has 0 fully saturated rings. The van der Waals surface area contributed by atoms with E-state index in [-0.39, 0.29) is 12.2 Å². The molecular formula is C15H13N3O3S. The number of nitrogens with zero attached hydrogens (tertiary/aromatic N) is 2. The van der Waals surface area contributed by atoms with E-state index in [0.29, 0.717) is 21.9 Å². The van der Waals surface area contributed by atoms with Crippen molar-refractivity contribution in [2.45, 2.75) is 6.61 Å². The van der Waals surface area contributed by atoms with E-state index in [4.69, 9.17) is 4.74 Å². The molecule has 0 radical (unpaired) electrons. The summed E-state index contributed by atoms with van der Waals surface area (Å²) in [6, 6.07) is 8.43. The van der Waals surface area contributed by atoms with E-state index >= 15 is 0 Å². The molecule has 0 aliphatic rings. The predicted octanol–water partition coefficient (Wildman–Crippen LogP) is 2.15. The van der Waals surface area contributed by atoms with Crippen molar-refractivity contribution in [3.8, 4) is 0 Å². The van der Waals surface area contributed by atoms with Crippen LogP contribution in [0, 0.1) is 0 Å². The minimum absolute atomic E-state index is 0.0411. The zero-order valence-corrected chi connectivity index (χ0v) is 12.6. The minimum atomic E-state index is -0.460. The average molecular weight is 315 g/mol. The highest BCUT2D eigenvalue weighted by atomic mass is 32.1. The number of carbonyl (C=O) groups is 1. The van der Waals surface area contributed by atoms with Crippen LogP contribution in [0.2, 0.25) is 0 Å². The molecule has 1 aromatic carbocycles. The second kappa shape index (κ2) is 5.98. The van der Waals surface area contributed by atoms with Crippen molar-refractivity contribution in [1.29, 1.82) is 0 Å². The number of hydrogen-bond donors (Lipinski definition) is 1. The van der Waals surface area contributed by atoms with Gasteiger partial charge in [-0.05, 0) is 12.1 Å². The summed E-state index contributed by atoms with van der Waals surface area (Å²) in [7, 11) is 1.74. The number of nitrogens with one attached hydrogen (secondary N) is 1. The molecule has 7 heteroatoms. The molecule has 3 aromatic rings. The summed E-state index contributed by atoms with van der Waals surface area (Å²) in [5.74, 6) is -0.460. The molecule has 0 aliphatic heterocycles. The van der Waals surface area contributed by atoms with Gasteiger partial charge < -0.3 is 10.1 Å². The molecule has 0 spiro atoms. The van der Waals surface area contributed by atoms with Crippen LogP contribution in [0.5, 0.6) is 0 Å². The number of esters is 1. The van der Waals surface area contributed by atoms with E-state index < -0.39 is 5.97 Å². The third-order valence-electron chi connectivity index (χ3n) is 3.12. The van der Waals surface area contributed by atoms with Gasteiger partial charge in [0.1, 0.15) is 6.61 Å². The number of thiazole rings is 1. The zero-order valence-electron chi connectivity index (χ0n) is 11.8. The van der Waals surface area contributed by atoms with E-state index in [1.165, 1.54) is 21.8 Å². The quantitative estimate of drug-likeness (QED) is 0.747. The van der Waals surface area contributed by atoms with Crippen LogP contribution in [0.25, 0.3) is 4.96 Å². The van der Waals surface area contributed by atoms with Gasteiger partial charge in [-0.2, -0.15) is 0 Å². The van der Waals surface area contributed by atoms with E-state index in [2.05, 4.69) is 10.3 Å². The van der Waals surface area contributed by atoms with E-state index in [9.17, 15) is 9.59 Å². The summed E-state index contributed by atoms with van der Waals surface area (Å²) in [6.45, 7) is -0.0411. The van der Waals surface area contributed by atoms with Crippen LogP contribution < -0.4 is 10.9 Å². The Hall–Kier alpha value is -2.67. The van der Waals surface area contributed by atoms with Crippen molar-refractivity contribution in [3.05, 3.63) is 63.5 Å². The Morgan fingerprint density at radius 1 is 1.41 bits per heavy atom. The lowest BCUT2D eigenvalue weighted by Gasteiger charge is -2.08. The Bertz CT molecular complexity index is 885. The second-order valence-electron chi connectivity index (χ2n) is 4.51. The summed E-state index contributed by atoms with van der Waals surface area (Å²) >= 11 is 1.35. The molecule has 22 heavy (non-hydrogen) atoms. The zero-order chi connectivity index (χ0) is 15.5. The maximum absolute atomic E-state index is 12.1. The van der Waals surface area contributed by atoms with Crippen LogP contribution in [-0.2, 0) is 11.3 Å². The lowest BCUT2D eigenvalue weighted by atomic mass is 10.2. The number of aromatic nitrogens is 2. The van der Waals surface area contributed by atoms with Crippen molar-refractivity contribution < 1.29 is 9.53 Å². The van der Waals surface area contributed by atoms with Crippen molar-refractivity contribution in [3.63, 3.8) is 0 Å². The summed E-state index contributed by atoms with van der Waals surface area (Å²) in [6.07, 6.45) is 1.66. The van der Waals surface area contributed by atoms with Gasteiger partial charge in [-0.3, -0.25) is 9.20 Å². The number of benzene rings is 1. The van der Waals surface area contributed by atoms with Crippen LogP contribution in [0.1, 0.15) is 16.1 Å². The third kappa shape index (κ3) is 2.71. The normalized spacial score (nSPS) is 10.6. The SMILES string of the molecule is CNc1ccccc1C(=O)OCc1cc(=O)n2ccsc2n1. The van der Waals surface area contributed by atoms with Crippen molar-refractivity contribution in [2.75, 3.05) is 12.4 Å². The molecule has 0 saturated heterocycles. The molecule has 6 nitrogen and oxygen atoms in total. The number of para-hydroxylation sites is 1. The second-order valence-corrected chi connectivity index (χ2v) is 5.39. The summed E-state index contributed by atoms with van der Waals surface area (Å²) in [4.78, 5) is 28.9. The summed E-state index contributed by atoms with van der Waals surface area (Å²) in [5, 5.41) is 4.72. The Labute approximate surface area is 130 Å². The number of anilines is 1. The monoisotopic (exact) mass is 315 g/mol. The van der Waals surface area contributed by atoms with Crippen LogP contribution in [0.4, 0.5) is 5.69 Å². The molecule has 3 rings (SSSR count). The number of rotatable bonds is 4. The first-order valence-corrected chi connectivity index (χ1v) is 7.46. The highest BCUT2D eigenvalue weighted by Crippen LogP contribution is 2.16. The van der Waals surface area contributed by atoms with Crippen molar-refractivity contribution >= 4 is 28.0 Å². The van der Waals surface area contributed by atoms with Crippen LogP contribution >= 0.6 is 11.3 Å². The van der Waals surface area contributed by atoms with Gasteiger partial charge in [0.05, 0.1) is 11.3 Å². The van der Waals surface area contributed by atoms with Gasteiger partial charge >= 0.3 is 5.97 Å². The molecule has 0 bridgehead atoms. The van der Waals surface area contributed by atoms with Crippen LogP contribution in [0.3, 0.4) is 0 Å². The standard InChI is InChI=1S/C15H13N3O3S/c1-16-12-5-3-2-4-11(12)14(20)21-9-10-8-13(19)18-6-7-22-15(18)17-10/h2-8,16H,9H2,1H3. The third-order valence-corrected chi connectivity index (χ3v) is 3.88. The first kappa shape index (κ1) is 14.3. The fraction of sp³-hybridized carbons (Fsp3) is 0.133. The van der Waals surface area contributed by atoms with E-state index in [1.807, 2.05) is 6.07 Å². The van der Waals surface area contributed by atoms with Gasteiger partial charge in [0.15, 0.2) is 4.96 Å². The molecule has 0 saturated carbocycles. The molecule has 0 unspecified atom stereocenters. The van der Waals surface area contributed by atoms with Crippen LogP contribution in [0.15, 0.2) is 46.7 Å². The first-order valence-electron chi connectivity index (χ1n) is 6.59. The Morgan fingerprint density at radius 2 is 2.23 bits per heavy atom. The number of fused-ring (bicyclic) bond motifs is 1. The molecule has 2 heterocycles. The van der Waals surface area contributed by atoms with Gasteiger partial charge in [-0.25, -0.2) is 9.78 Å². The Kier molecular flexibility index (Phi) is 3.88. The number of hydrogen-bond acceptors (Lipinski definition) is 6. The lowest BCUT2D eigenvalue weighted by Crippen LogP contribution is -2.15. The topological polar surface area (TPSA) is 72.7 Å². The average Bonchev–Trinajstić information content (AvgIpc) is 3.01. The van der Waals surface area contributed by atoms with Gasteiger partial charge in [0, 0.05) is 30.4 Å². The van der Waals surface area contributed by atoms with Gasteiger partial charge in [0.2, 0.25) is 0 Å². The van der Waals surface area contributed by atoms with Crippen molar-refractivity contribution in [2.24, 2.45) is 0 Å². The number of carbonyl (C=O) groups excluding carboxylic acids is 1. The Balaban J connectivity index is 1.78. The predicted molar refractivity (Wildman–Crippen MR) is 84.4 cm³/mol. The lowest BCUT2D eigenvalue weighted by molar-refractivity contribution is 0.0469. The maximum Gasteiger partial charge on any atom is 0.340 e. The van der Waals surface area contributed by atoms with E-state index in [1.54, 1.807) is 36.8 Å².